The lowest BCUT2D eigenvalue weighted by atomic mass is 9.89. The molecule has 2 nitrogen and oxygen atoms in total. The van der Waals surface area contributed by atoms with E-state index in [-0.39, 0.29) is 7.69 Å². The van der Waals surface area contributed by atoms with Gasteiger partial charge in [0.05, 0.1) is 0 Å². The van der Waals surface area contributed by atoms with Gasteiger partial charge in [-0.2, -0.15) is 0 Å². The van der Waals surface area contributed by atoms with Crippen LogP contribution in [0, 0.1) is 0 Å². The molecule has 25 heavy (non-hydrogen) atoms. The Labute approximate surface area is 145 Å². The summed E-state index contributed by atoms with van der Waals surface area (Å²) in [6.07, 6.45) is 0. The monoisotopic (exact) mass is 322 g/mol. The Balaban J connectivity index is 1.94. The van der Waals surface area contributed by atoms with E-state index in [1.54, 1.807) is 0 Å². The first-order chi connectivity index (χ1) is 12.4. The highest BCUT2D eigenvalue weighted by Gasteiger charge is 2.14. The minimum atomic E-state index is -0.320. The molecule has 0 amide bonds. The smallest absolute Gasteiger partial charge is 0.504 e. The van der Waals surface area contributed by atoms with Crippen molar-refractivity contribution in [3.8, 4) is 16.9 Å². The fraction of sp³-hybridized carbons (Fsp3) is 0. The zero-order chi connectivity index (χ0) is 16.8. The summed E-state index contributed by atoms with van der Waals surface area (Å²) in [5.74, 6) is 0.717. The average molecular weight is 322 g/mol. The van der Waals surface area contributed by atoms with Gasteiger partial charge in [0, 0.05) is 10.8 Å². The predicted octanol–water partition coefficient (Wildman–Crippen LogP) is 4.89. The van der Waals surface area contributed by atoms with Crippen LogP contribution in [-0.2, 0) is 0 Å². The second-order valence-corrected chi connectivity index (χ2v) is 6.24. The highest BCUT2D eigenvalue weighted by molar-refractivity contribution is 6.27. The number of hydrogen-bond donors (Lipinski definition) is 1. The zero-order valence-corrected chi connectivity index (χ0v) is 13.6. The molecule has 5 aromatic carbocycles. The topological polar surface area (TPSA) is 29.5 Å². The predicted molar refractivity (Wildman–Crippen MR) is 106 cm³/mol. The number of benzene rings is 5. The molecule has 5 aromatic rings. The third-order valence-corrected chi connectivity index (χ3v) is 4.93. The highest BCUT2D eigenvalue weighted by Crippen LogP contribution is 2.41. The van der Waals surface area contributed by atoms with Gasteiger partial charge < -0.3 is 9.68 Å². The second-order valence-electron chi connectivity index (χ2n) is 6.24. The van der Waals surface area contributed by atoms with Gasteiger partial charge in [0.1, 0.15) is 5.75 Å². The number of hydrogen-bond acceptors (Lipinski definition) is 2. The largest absolute Gasteiger partial charge is 0.538 e. The molecule has 0 aliphatic carbocycles. The first kappa shape index (κ1) is 14.3. The molecule has 0 radical (unpaired) electrons. The molecule has 0 spiro atoms. The molecule has 1 N–H and O–H groups in total. The van der Waals surface area contributed by atoms with Gasteiger partial charge >= 0.3 is 7.69 Å². The van der Waals surface area contributed by atoms with Gasteiger partial charge in [-0.3, -0.25) is 0 Å². The molecule has 0 atom stereocenters. The summed E-state index contributed by atoms with van der Waals surface area (Å²) in [5.41, 5.74) is 2.45. The molecular formula is C22H15BO2. The maximum absolute atomic E-state index is 9.19. The first-order valence-electron chi connectivity index (χ1n) is 8.36. The van der Waals surface area contributed by atoms with Crippen molar-refractivity contribution in [1.82, 2.24) is 0 Å². The molecule has 0 heterocycles. The molecule has 0 fully saturated rings. The SMILES string of the molecule is OBOc1ccc2ccc3c(-c4ccccc4)ccc4ccc1c2c43. The first-order valence-corrected chi connectivity index (χ1v) is 8.36. The van der Waals surface area contributed by atoms with Crippen LogP contribution in [0.25, 0.3) is 43.4 Å². The summed E-state index contributed by atoms with van der Waals surface area (Å²) in [6.45, 7) is 0. The van der Waals surface area contributed by atoms with E-state index in [1.165, 1.54) is 38.1 Å². The van der Waals surface area contributed by atoms with Crippen molar-refractivity contribution in [3.05, 3.63) is 78.9 Å². The second kappa shape index (κ2) is 5.50. The quantitative estimate of drug-likeness (QED) is 0.379. The maximum atomic E-state index is 9.19. The lowest BCUT2D eigenvalue weighted by Gasteiger charge is -2.16. The van der Waals surface area contributed by atoms with Crippen molar-refractivity contribution in [1.29, 1.82) is 0 Å². The van der Waals surface area contributed by atoms with Gasteiger partial charge in [-0.25, -0.2) is 0 Å². The Bertz CT molecular complexity index is 1200. The summed E-state index contributed by atoms with van der Waals surface area (Å²) in [6, 6.07) is 27.4. The van der Waals surface area contributed by atoms with Crippen molar-refractivity contribution in [2.75, 3.05) is 0 Å². The zero-order valence-electron chi connectivity index (χ0n) is 13.6. The van der Waals surface area contributed by atoms with Crippen LogP contribution in [0.1, 0.15) is 0 Å². The molecule has 0 saturated carbocycles. The van der Waals surface area contributed by atoms with Gasteiger partial charge in [0.25, 0.3) is 0 Å². The van der Waals surface area contributed by atoms with Crippen LogP contribution in [0.5, 0.6) is 5.75 Å². The maximum Gasteiger partial charge on any atom is 0.504 e. The molecule has 5 rings (SSSR count). The van der Waals surface area contributed by atoms with Gasteiger partial charge in [-0.15, -0.1) is 0 Å². The van der Waals surface area contributed by atoms with E-state index >= 15 is 0 Å². The minimum Gasteiger partial charge on any atom is -0.538 e. The van der Waals surface area contributed by atoms with Gasteiger partial charge in [-0.1, -0.05) is 72.8 Å². The van der Waals surface area contributed by atoms with E-state index in [0.29, 0.717) is 0 Å². The van der Waals surface area contributed by atoms with E-state index in [9.17, 15) is 5.02 Å². The molecule has 118 valence electrons. The molecular weight excluding hydrogens is 307 g/mol. The molecule has 0 unspecified atom stereocenters. The summed E-state index contributed by atoms with van der Waals surface area (Å²) in [4.78, 5) is 0. The molecule has 0 aliphatic rings. The van der Waals surface area contributed by atoms with Crippen LogP contribution in [0.3, 0.4) is 0 Å². The number of rotatable bonds is 3. The highest BCUT2D eigenvalue weighted by atomic mass is 16.5. The standard InChI is InChI=1S/C22H15BO2/c24-23-25-20-13-9-16-7-11-18-17(14-4-2-1-3-5-14)10-6-15-8-12-19(20)22(16)21(15)18/h1-13,23-24H. The van der Waals surface area contributed by atoms with Gasteiger partial charge in [0.2, 0.25) is 0 Å². The van der Waals surface area contributed by atoms with Crippen molar-refractivity contribution in [3.63, 3.8) is 0 Å². The van der Waals surface area contributed by atoms with Crippen LogP contribution in [-0.4, -0.2) is 12.7 Å². The Morgan fingerprint density at radius 3 is 2.04 bits per heavy atom. The minimum absolute atomic E-state index is 0.320. The van der Waals surface area contributed by atoms with Crippen LogP contribution in [0.15, 0.2) is 78.9 Å². The van der Waals surface area contributed by atoms with Crippen LogP contribution in [0.2, 0.25) is 0 Å². The summed E-state index contributed by atoms with van der Waals surface area (Å²) in [7, 11) is -0.320. The van der Waals surface area contributed by atoms with E-state index in [0.717, 1.165) is 11.1 Å². The molecule has 0 aliphatic heterocycles. The lowest BCUT2D eigenvalue weighted by molar-refractivity contribution is 0.457. The van der Waals surface area contributed by atoms with E-state index in [2.05, 4.69) is 66.7 Å². The summed E-state index contributed by atoms with van der Waals surface area (Å²) >= 11 is 0. The van der Waals surface area contributed by atoms with E-state index < -0.39 is 0 Å². The van der Waals surface area contributed by atoms with Crippen LogP contribution in [0.4, 0.5) is 0 Å². The van der Waals surface area contributed by atoms with Crippen LogP contribution >= 0.6 is 0 Å². The molecule has 0 bridgehead atoms. The summed E-state index contributed by atoms with van der Waals surface area (Å²) in [5, 5.41) is 16.3. The van der Waals surface area contributed by atoms with Crippen molar-refractivity contribution < 1.29 is 9.68 Å². The molecule has 0 aromatic heterocycles. The lowest BCUT2D eigenvalue weighted by Crippen LogP contribution is -2.00. The van der Waals surface area contributed by atoms with Crippen molar-refractivity contribution in [2.24, 2.45) is 0 Å². The Morgan fingerprint density at radius 1 is 0.640 bits per heavy atom. The fourth-order valence-corrected chi connectivity index (χ4v) is 3.84. The summed E-state index contributed by atoms with van der Waals surface area (Å²) < 4.78 is 5.43. The third-order valence-electron chi connectivity index (χ3n) is 4.93. The van der Waals surface area contributed by atoms with Crippen molar-refractivity contribution >= 4 is 40.0 Å². The Hall–Kier alpha value is -3.04. The van der Waals surface area contributed by atoms with Crippen LogP contribution < -0.4 is 4.65 Å². The fourth-order valence-electron chi connectivity index (χ4n) is 3.84. The molecule has 0 saturated heterocycles. The molecule has 3 heteroatoms. The van der Waals surface area contributed by atoms with Gasteiger partial charge in [0.15, 0.2) is 0 Å². The van der Waals surface area contributed by atoms with E-state index in [4.69, 9.17) is 4.65 Å². The van der Waals surface area contributed by atoms with Crippen molar-refractivity contribution in [2.45, 2.75) is 0 Å². The Morgan fingerprint density at radius 2 is 1.28 bits per heavy atom. The van der Waals surface area contributed by atoms with Gasteiger partial charge in [-0.05, 0) is 38.7 Å². The Kier molecular flexibility index (Phi) is 3.15. The van der Waals surface area contributed by atoms with E-state index in [1.807, 2.05) is 12.1 Å². The normalized spacial score (nSPS) is 11.4. The third kappa shape index (κ3) is 2.10. The average Bonchev–Trinajstić information content (AvgIpc) is 2.68.